The number of aryl methyl sites for hydroxylation is 1. The van der Waals surface area contributed by atoms with E-state index in [-0.39, 0.29) is 11.4 Å². The number of rotatable bonds is 4. The fourth-order valence-electron chi connectivity index (χ4n) is 2.76. The Balaban J connectivity index is 2.15. The molecule has 0 aliphatic carbocycles. The van der Waals surface area contributed by atoms with E-state index in [0.717, 1.165) is 48.0 Å². The van der Waals surface area contributed by atoms with Crippen molar-refractivity contribution in [3.8, 4) is 0 Å². The van der Waals surface area contributed by atoms with Crippen LogP contribution in [-0.4, -0.2) is 18.0 Å². The lowest BCUT2D eigenvalue weighted by Crippen LogP contribution is -2.50. The molecule has 1 aromatic carbocycles. The predicted octanol–water partition coefficient (Wildman–Crippen LogP) is 3.62. The minimum atomic E-state index is -0.367. The van der Waals surface area contributed by atoms with Crippen LogP contribution in [0, 0.1) is 6.92 Å². The maximum absolute atomic E-state index is 12.6. The zero-order valence-electron chi connectivity index (χ0n) is 11.6. The van der Waals surface area contributed by atoms with Crippen LogP contribution in [-0.2, 0) is 4.79 Å². The number of carbonyl (C=O) groups excluding carboxylic acids is 1. The Hall–Kier alpha value is -0.870. The molecule has 1 atom stereocenters. The van der Waals surface area contributed by atoms with E-state index in [0.29, 0.717) is 0 Å². The fraction of sp³-hybridized carbons (Fsp3) is 0.533. The summed E-state index contributed by atoms with van der Waals surface area (Å²) in [4.78, 5) is 12.6. The van der Waals surface area contributed by atoms with Gasteiger partial charge in [0, 0.05) is 10.2 Å². The van der Waals surface area contributed by atoms with Gasteiger partial charge in [-0.15, -0.1) is 0 Å². The van der Waals surface area contributed by atoms with Gasteiger partial charge in [-0.05, 0) is 56.5 Å². The summed E-state index contributed by atoms with van der Waals surface area (Å²) in [6.07, 6.45) is 3.92. The van der Waals surface area contributed by atoms with Crippen LogP contribution >= 0.6 is 15.9 Å². The lowest BCUT2D eigenvalue weighted by Gasteiger charge is -2.28. The zero-order chi connectivity index (χ0) is 13.9. The first-order chi connectivity index (χ1) is 9.07. The third kappa shape index (κ3) is 3.18. The summed E-state index contributed by atoms with van der Waals surface area (Å²) in [7, 11) is 0. The van der Waals surface area contributed by atoms with Gasteiger partial charge < -0.3 is 10.6 Å². The smallest absolute Gasteiger partial charge is 0.244 e. The maximum Gasteiger partial charge on any atom is 0.244 e. The summed E-state index contributed by atoms with van der Waals surface area (Å²) in [6, 6.07) is 5.92. The summed E-state index contributed by atoms with van der Waals surface area (Å²) >= 11 is 3.44. The van der Waals surface area contributed by atoms with Crippen molar-refractivity contribution in [1.82, 2.24) is 5.32 Å². The van der Waals surface area contributed by atoms with Crippen molar-refractivity contribution in [3.05, 3.63) is 28.2 Å². The van der Waals surface area contributed by atoms with Crippen LogP contribution in [0.2, 0.25) is 0 Å². The molecule has 1 aliphatic rings. The monoisotopic (exact) mass is 324 g/mol. The molecule has 3 nitrogen and oxygen atoms in total. The molecule has 1 aliphatic heterocycles. The third-order valence-electron chi connectivity index (χ3n) is 3.79. The van der Waals surface area contributed by atoms with E-state index in [1.54, 1.807) is 0 Å². The van der Waals surface area contributed by atoms with Crippen LogP contribution in [0.4, 0.5) is 5.69 Å². The van der Waals surface area contributed by atoms with E-state index in [1.165, 1.54) is 0 Å². The average Bonchev–Trinajstić information content (AvgIpc) is 2.83. The molecule has 1 aromatic rings. The number of amides is 1. The summed E-state index contributed by atoms with van der Waals surface area (Å²) in [5.74, 6) is 0.109. The first kappa shape index (κ1) is 14.5. The van der Waals surface area contributed by atoms with Crippen molar-refractivity contribution >= 4 is 27.5 Å². The van der Waals surface area contributed by atoms with Crippen LogP contribution in [0.15, 0.2) is 22.7 Å². The Labute approximate surface area is 123 Å². The number of anilines is 1. The summed E-state index contributed by atoms with van der Waals surface area (Å²) < 4.78 is 1.03. The summed E-state index contributed by atoms with van der Waals surface area (Å²) in [5.41, 5.74) is 1.61. The maximum atomic E-state index is 12.6. The highest BCUT2D eigenvalue weighted by Gasteiger charge is 2.39. The fourth-order valence-corrected chi connectivity index (χ4v) is 3.24. The molecule has 2 N–H and O–H groups in total. The lowest BCUT2D eigenvalue weighted by molar-refractivity contribution is -0.122. The molecule has 0 radical (unpaired) electrons. The predicted molar refractivity (Wildman–Crippen MR) is 82.4 cm³/mol. The molecular formula is C15H21BrN2O. The van der Waals surface area contributed by atoms with Crippen molar-refractivity contribution < 1.29 is 4.79 Å². The van der Waals surface area contributed by atoms with E-state index >= 15 is 0 Å². The number of nitrogens with one attached hydrogen (secondary N) is 2. The van der Waals surface area contributed by atoms with Gasteiger partial charge in [-0.2, -0.15) is 0 Å². The Morgan fingerprint density at radius 3 is 2.89 bits per heavy atom. The van der Waals surface area contributed by atoms with Gasteiger partial charge in [-0.25, -0.2) is 0 Å². The van der Waals surface area contributed by atoms with Gasteiger partial charge in [-0.1, -0.05) is 29.3 Å². The number of hydrogen-bond donors (Lipinski definition) is 2. The number of hydrogen-bond acceptors (Lipinski definition) is 2. The molecule has 1 fully saturated rings. The van der Waals surface area contributed by atoms with Crippen molar-refractivity contribution in [1.29, 1.82) is 0 Å². The van der Waals surface area contributed by atoms with Crippen molar-refractivity contribution in [2.45, 2.75) is 45.1 Å². The van der Waals surface area contributed by atoms with Gasteiger partial charge in [0.15, 0.2) is 0 Å². The van der Waals surface area contributed by atoms with E-state index in [1.807, 2.05) is 25.1 Å². The molecule has 4 heteroatoms. The Morgan fingerprint density at radius 1 is 1.53 bits per heavy atom. The molecule has 1 unspecified atom stereocenters. The third-order valence-corrected chi connectivity index (χ3v) is 4.29. The highest BCUT2D eigenvalue weighted by molar-refractivity contribution is 9.10. The number of carbonyl (C=O) groups is 1. The Morgan fingerprint density at radius 2 is 2.32 bits per heavy atom. The van der Waals surface area contributed by atoms with E-state index in [4.69, 9.17) is 0 Å². The van der Waals surface area contributed by atoms with Crippen LogP contribution in [0.3, 0.4) is 0 Å². The zero-order valence-corrected chi connectivity index (χ0v) is 13.1. The molecule has 0 bridgehead atoms. The van der Waals surface area contributed by atoms with Crippen molar-refractivity contribution in [2.24, 2.45) is 0 Å². The first-order valence-corrected chi connectivity index (χ1v) is 7.69. The molecular weight excluding hydrogens is 304 g/mol. The topological polar surface area (TPSA) is 41.1 Å². The largest absolute Gasteiger partial charge is 0.324 e. The number of benzene rings is 1. The van der Waals surface area contributed by atoms with Gasteiger partial charge in [0.25, 0.3) is 0 Å². The van der Waals surface area contributed by atoms with Gasteiger partial charge in [0.1, 0.15) is 0 Å². The molecule has 1 amide bonds. The van der Waals surface area contributed by atoms with E-state index in [9.17, 15) is 4.79 Å². The normalized spacial score (nSPS) is 22.5. The Kier molecular flexibility index (Phi) is 4.63. The van der Waals surface area contributed by atoms with Gasteiger partial charge in [0.05, 0.1) is 5.54 Å². The van der Waals surface area contributed by atoms with Gasteiger partial charge in [0.2, 0.25) is 5.91 Å². The molecule has 2 rings (SSSR count). The highest BCUT2D eigenvalue weighted by atomic mass is 79.9. The van der Waals surface area contributed by atoms with Crippen LogP contribution < -0.4 is 10.6 Å². The quantitative estimate of drug-likeness (QED) is 0.888. The molecule has 1 heterocycles. The van der Waals surface area contributed by atoms with Crippen molar-refractivity contribution in [3.63, 3.8) is 0 Å². The molecule has 19 heavy (non-hydrogen) atoms. The van der Waals surface area contributed by atoms with Gasteiger partial charge in [-0.3, -0.25) is 4.79 Å². The van der Waals surface area contributed by atoms with E-state index in [2.05, 4.69) is 33.5 Å². The minimum Gasteiger partial charge on any atom is -0.324 e. The standard InChI is InChI=1S/C15H21BrN2O/c1-3-7-15(8-4-9-17-15)14(19)18-13-6-5-12(16)10-11(13)2/h5-6,10,17H,3-4,7-9H2,1-2H3,(H,18,19). The van der Waals surface area contributed by atoms with Crippen molar-refractivity contribution in [2.75, 3.05) is 11.9 Å². The van der Waals surface area contributed by atoms with Gasteiger partial charge >= 0.3 is 0 Å². The van der Waals surface area contributed by atoms with Crippen LogP contribution in [0.25, 0.3) is 0 Å². The molecule has 0 spiro atoms. The highest BCUT2D eigenvalue weighted by Crippen LogP contribution is 2.28. The molecule has 1 saturated heterocycles. The van der Waals surface area contributed by atoms with Crippen LogP contribution in [0.5, 0.6) is 0 Å². The molecule has 0 aromatic heterocycles. The molecule has 0 saturated carbocycles. The second-order valence-electron chi connectivity index (χ2n) is 5.28. The average molecular weight is 325 g/mol. The second kappa shape index (κ2) is 6.06. The second-order valence-corrected chi connectivity index (χ2v) is 6.19. The summed E-state index contributed by atoms with van der Waals surface area (Å²) in [6.45, 7) is 5.07. The molecule has 104 valence electrons. The van der Waals surface area contributed by atoms with Crippen LogP contribution in [0.1, 0.15) is 38.2 Å². The summed E-state index contributed by atoms with van der Waals surface area (Å²) in [5, 5.41) is 6.48. The Bertz CT molecular complexity index is 467. The van der Waals surface area contributed by atoms with E-state index < -0.39 is 0 Å². The minimum absolute atomic E-state index is 0.109. The first-order valence-electron chi connectivity index (χ1n) is 6.90. The number of halogens is 1. The SMILES string of the molecule is CCCC1(C(=O)Nc2ccc(Br)cc2C)CCCN1. The lowest BCUT2D eigenvalue weighted by atomic mass is 9.90.